The maximum atomic E-state index is 12.7. The van der Waals surface area contributed by atoms with Crippen molar-refractivity contribution >= 4 is 28.8 Å². The Balaban J connectivity index is 1.46. The molecule has 8 heteroatoms. The van der Waals surface area contributed by atoms with Crippen LogP contribution in [-0.4, -0.2) is 53.1 Å². The van der Waals surface area contributed by atoms with Gasteiger partial charge >= 0.3 is 12.1 Å². The molecule has 0 radical (unpaired) electrons. The number of carbonyl (C=O) groups is 2. The van der Waals surface area contributed by atoms with Crippen LogP contribution in [-0.2, 0) is 27.1 Å². The first kappa shape index (κ1) is 24.9. The Kier molecular flexibility index (Phi) is 6.38. The highest BCUT2D eigenvalue weighted by Crippen LogP contribution is 2.47. The van der Waals surface area contributed by atoms with Crippen LogP contribution in [0, 0.1) is 5.41 Å². The molecule has 1 N–H and O–H groups in total. The summed E-state index contributed by atoms with van der Waals surface area (Å²) in [5.74, 6) is -0.736. The number of aryl methyl sites for hydroxylation is 1. The number of anilines is 1. The fourth-order valence-electron chi connectivity index (χ4n) is 6.74. The molecule has 3 aliphatic rings. The van der Waals surface area contributed by atoms with E-state index in [-0.39, 0.29) is 18.2 Å². The molecular weight excluding hydrogens is 482 g/mol. The quantitative estimate of drug-likeness (QED) is 0.481. The number of nitrogens with zero attached hydrogens (tertiary/aromatic N) is 3. The fourth-order valence-corrected chi connectivity index (χ4v) is 6.74. The van der Waals surface area contributed by atoms with Gasteiger partial charge in [0.25, 0.3) is 0 Å². The Labute approximate surface area is 222 Å². The van der Waals surface area contributed by atoms with Crippen LogP contribution in [0.4, 0.5) is 10.5 Å². The van der Waals surface area contributed by atoms with Gasteiger partial charge in [-0.1, -0.05) is 30.3 Å². The molecular formula is C30H35N3O5. The third-order valence-corrected chi connectivity index (χ3v) is 8.98. The van der Waals surface area contributed by atoms with Crippen molar-refractivity contribution in [2.24, 2.45) is 5.41 Å². The molecule has 1 amide bonds. The molecule has 1 spiro atoms. The highest BCUT2D eigenvalue weighted by Gasteiger charge is 2.43. The van der Waals surface area contributed by atoms with E-state index in [1.807, 2.05) is 43.3 Å². The third kappa shape index (κ3) is 4.15. The normalized spacial score (nSPS) is 21.6. The second-order valence-corrected chi connectivity index (χ2v) is 11.3. The Morgan fingerprint density at radius 3 is 2.50 bits per heavy atom. The molecule has 2 aliphatic heterocycles. The zero-order chi connectivity index (χ0) is 26.4. The number of aromatic nitrogens is 2. The van der Waals surface area contributed by atoms with Crippen molar-refractivity contribution in [2.45, 2.75) is 69.9 Å². The number of carboxylic acids is 1. The van der Waals surface area contributed by atoms with E-state index in [4.69, 9.17) is 14.5 Å². The molecule has 1 saturated heterocycles. The van der Waals surface area contributed by atoms with Gasteiger partial charge in [0.15, 0.2) is 0 Å². The van der Waals surface area contributed by atoms with E-state index in [2.05, 4.69) is 10.6 Å². The first-order valence-electron chi connectivity index (χ1n) is 13.7. The summed E-state index contributed by atoms with van der Waals surface area (Å²) < 4.78 is 13.0. The summed E-state index contributed by atoms with van der Waals surface area (Å²) in [6.07, 6.45) is 5.83. The molecule has 8 nitrogen and oxygen atoms in total. The highest BCUT2D eigenvalue weighted by atomic mass is 16.5. The van der Waals surface area contributed by atoms with Crippen LogP contribution in [0.15, 0.2) is 42.5 Å². The fraction of sp³-hybridized carbons (Fsp3) is 0.500. The molecule has 2 atom stereocenters. The number of rotatable bonds is 5. The number of methoxy groups -OCH3 is 1. The van der Waals surface area contributed by atoms with Gasteiger partial charge in [-0.2, -0.15) is 0 Å². The summed E-state index contributed by atoms with van der Waals surface area (Å²) in [6.45, 7) is 3.73. The monoisotopic (exact) mass is 517 g/mol. The lowest BCUT2D eigenvalue weighted by Crippen LogP contribution is -2.45. The lowest BCUT2D eigenvalue weighted by molar-refractivity contribution is -0.138. The Morgan fingerprint density at radius 1 is 1.13 bits per heavy atom. The summed E-state index contributed by atoms with van der Waals surface area (Å²) >= 11 is 0. The van der Waals surface area contributed by atoms with E-state index in [1.165, 1.54) is 7.11 Å². The molecule has 2 aromatic carbocycles. The second-order valence-electron chi connectivity index (χ2n) is 11.3. The first-order valence-corrected chi connectivity index (χ1v) is 13.7. The average Bonchev–Trinajstić information content (AvgIpc) is 3.29. The lowest BCUT2D eigenvalue weighted by Gasteiger charge is -2.46. The van der Waals surface area contributed by atoms with Crippen LogP contribution in [0.25, 0.3) is 11.0 Å². The first-order chi connectivity index (χ1) is 18.4. The Morgan fingerprint density at radius 2 is 1.87 bits per heavy atom. The van der Waals surface area contributed by atoms with Crippen LogP contribution in [0.5, 0.6) is 0 Å². The molecule has 38 heavy (non-hydrogen) atoms. The molecule has 3 aromatic rings. The van der Waals surface area contributed by atoms with Gasteiger partial charge in [0, 0.05) is 29.5 Å². The van der Waals surface area contributed by atoms with E-state index < -0.39 is 11.9 Å². The van der Waals surface area contributed by atoms with E-state index >= 15 is 0 Å². The minimum absolute atomic E-state index is 0.0302. The summed E-state index contributed by atoms with van der Waals surface area (Å²) in [6, 6.07) is 13.8. The minimum Gasteiger partial charge on any atom is -0.481 e. The van der Waals surface area contributed by atoms with E-state index in [0.717, 1.165) is 85.4 Å². The molecule has 6 rings (SSSR count). The van der Waals surface area contributed by atoms with Gasteiger partial charge in [0.1, 0.15) is 5.82 Å². The van der Waals surface area contributed by atoms with Crippen molar-refractivity contribution in [1.29, 1.82) is 0 Å². The molecule has 3 heterocycles. The third-order valence-electron chi connectivity index (χ3n) is 8.98. The summed E-state index contributed by atoms with van der Waals surface area (Å²) in [5.41, 5.74) is 4.88. The predicted octanol–water partition coefficient (Wildman–Crippen LogP) is 5.49. The lowest BCUT2D eigenvalue weighted by atomic mass is 9.71. The number of carbonyl (C=O) groups excluding carboxylic acids is 1. The molecule has 0 unspecified atom stereocenters. The maximum absolute atomic E-state index is 12.7. The van der Waals surface area contributed by atoms with Gasteiger partial charge in [0.05, 0.1) is 43.0 Å². The maximum Gasteiger partial charge on any atom is 0.414 e. The van der Waals surface area contributed by atoms with Gasteiger partial charge in [-0.05, 0) is 63.1 Å². The standard InChI is InChI=1S/C30H35N3O5/c1-19-8-9-22-24(32(19)29(36)37-2)10-11-25-27(22)31-26(16-23(28(34)35)20-6-4-3-5-7-20)33(25)21-12-14-30(15-13-21)17-38-18-30/h3-7,10-11,19,21,23H,8-9,12-18H2,1-2H3,(H,34,35)/t19-,23-/m0/s1. The van der Waals surface area contributed by atoms with Crippen LogP contribution in [0.2, 0.25) is 0 Å². The van der Waals surface area contributed by atoms with E-state index in [0.29, 0.717) is 11.8 Å². The highest BCUT2D eigenvalue weighted by molar-refractivity contribution is 5.95. The van der Waals surface area contributed by atoms with Crippen molar-refractivity contribution in [1.82, 2.24) is 9.55 Å². The Bertz CT molecular complexity index is 1350. The summed E-state index contributed by atoms with van der Waals surface area (Å²) in [5, 5.41) is 10.2. The number of hydrogen-bond acceptors (Lipinski definition) is 5. The molecule has 1 aromatic heterocycles. The topological polar surface area (TPSA) is 93.9 Å². The summed E-state index contributed by atoms with van der Waals surface area (Å²) in [4.78, 5) is 32.0. The number of fused-ring (bicyclic) bond motifs is 3. The van der Waals surface area contributed by atoms with Crippen molar-refractivity contribution in [2.75, 3.05) is 25.2 Å². The SMILES string of the molecule is COC(=O)N1c2ccc3c(nc(C[C@H](C(=O)O)c4ccccc4)n3C3CCC4(CC3)COC4)c2CC[C@@H]1C. The number of imidazole rings is 1. The van der Waals surface area contributed by atoms with Crippen LogP contribution in [0.1, 0.15) is 67.9 Å². The van der Waals surface area contributed by atoms with Crippen molar-refractivity contribution in [3.8, 4) is 0 Å². The molecule has 1 aliphatic carbocycles. The number of benzene rings is 2. The molecule has 200 valence electrons. The number of aliphatic carboxylic acids is 1. The van der Waals surface area contributed by atoms with Gasteiger partial charge in [0.2, 0.25) is 0 Å². The molecule has 0 bridgehead atoms. The van der Waals surface area contributed by atoms with Gasteiger partial charge in [-0.15, -0.1) is 0 Å². The van der Waals surface area contributed by atoms with E-state index in [9.17, 15) is 14.7 Å². The van der Waals surface area contributed by atoms with Gasteiger partial charge in [-0.25, -0.2) is 9.78 Å². The largest absolute Gasteiger partial charge is 0.481 e. The smallest absolute Gasteiger partial charge is 0.414 e. The van der Waals surface area contributed by atoms with Crippen LogP contribution >= 0.6 is 0 Å². The zero-order valence-electron chi connectivity index (χ0n) is 22.1. The van der Waals surface area contributed by atoms with Crippen molar-refractivity contribution in [3.05, 3.63) is 59.4 Å². The van der Waals surface area contributed by atoms with E-state index in [1.54, 1.807) is 4.90 Å². The number of amides is 1. The molecule has 2 fully saturated rings. The average molecular weight is 518 g/mol. The Hall–Kier alpha value is -3.39. The van der Waals surface area contributed by atoms with Crippen LogP contribution in [0.3, 0.4) is 0 Å². The summed E-state index contributed by atoms with van der Waals surface area (Å²) in [7, 11) is 1.41. The molecule has 1 saturated carbocycles. The number of hydrogen-bond donors (Lipinski definition) is 1. The second kappa shape index (κ2) is 9.73. The van der Waals surface area contributed by atoms with Crippen molar-refractivity contribution in [3.63, 3.8) is 0 Å². The van der Waals surface area contributed by atoms with Crippen molar-refractivity contribution < 1.29 is 24.2 Å². The minimum atomic E-state index is -0.850. The zero-order valence-corrected chi connectivity index (χ0v) is 22.1. The number of ether oxygens (including phenoxy) is 2. The number of carboxylic acid groups (broad SMARTS) is 1. The van der Waals surface area contributed by atoms with Gasteiger partial charge < -0.3 is 19.1 Å². The van der Waals surface area contributed by atoms with Gasteiger partial charge in [-0.3, -0.25) is 9.69 Å². The van der Waals surface area contributed by atoms with Crippen LogP contribution < -0.4 is 4.90 Å². The predicted molar refractivity (Wildman–Crippen MR) is 144 cm³/mol.